The number of nitriles is 1. The number of anilines is 2. The van der Waals surface area contributed by atoms with Crippen LogP contribution in [-0.4, -0.2) is 28.0 Å². The van der Waals surface area contributed by atoms with Gasteiger partial charge in [-0.15, -0.1) is 0 Å². The Kier molecular flexibility index (Phi) is 4.67. The fraction of sp³-hybridized carbons (Fsp3) is 0.300. The van der Waals surface area contributed by atoms with Crippen LogP contribution in [0.3, 0.4) is 0 Å². The Hall–Kier alpha value is -3.44. The third-order valence-corrected chi connectivity index (χ3v) is 5.47. The number of nitrogens with zero attached hydrogens (tertiary/aromatic N) is 3. The van der Waals surface area contributed by atoms with Crippen molar-refractivity contribution in [3.8, 4) is 6.07 Å². The third-order valence-electron chi connectivity index (χ3n) is 5.47. The van der Waals surface area contributed by atoms with E-state index in [0.717, 1.165) is 30.4 Å². The molecule has 3 N–H and O–H groups in total. The number of hydrogen-bond donors (Lipinski definition) is 3. The maximum absolute atomic E-state index is 11.3. The molecule has 0 bridgehead atoms. The van der Waals surface area contributed by atoms with Gasteiger partial charge in [-0.05, 0) is 55.1 Å². The normalized spacial score (nSPS) is 17.4. The van der Waals surface area contributed by atoms with Gasteiger partial charge >= 0.3 is 5.69 Å². The number of nitrogens with one attached hydrogen (secondary N) is 3. The Balaban J connectivity index is 1.68. The summed E-state index contributed by atoms with van der Waals surface area (Å²) in [6.45, 7) is 4.32. The van der Waals surface area contributed by atoms with Crippen molar-refractivity contribution in [2.24, 2.45) is 5.92 Å². The molecule has 4 rings (SSSR count). The lowest BCUT2D eigenvalue weighted by Crippen LogP contribution is -2.14. The second-order valence-electron chi connectivity index (χ2n) is 7.13. The van der Waals surface area contributed by atoms with Gasteiger partial charge in [-0.2, -0.15) is 5.26 Å². The average Bonchev–Trinajstić information content (AvgIpc) is 3.37. The Labute approximate surface area is 161 Å². The van der Waals surface area contributed by atoms with E-state index in [-0.39, 0.29) is 17.1 Å². The number of pyridine rings is 1. The van der Waals surface area contributed by atoms with Crippen LogP contribution in [0.5, 0.6) is 0 Å². The van der Waals surface area contributed by atoms with E-state index < -0.39 is 4.92 Å². The molecule has 2 unspecified atom stereocenters. The zero-order chi connectivity index (χ0) is 19.7. The van der Waals surface area contributed by atoms with Crippen LogP contribution in [-0.2, 0) is 0 Å². The summed E-state index contributed by atoms with van der Waals surface area (Å²) in [6.07, 6.45) is 4.54. The van der Waals surface area contributed by atoms with E-state index in [1.165, 1.54) is 17.8 Å². The molecule has 0 radical (unpaired) electrons. The molecule has 0 amide bonds. The number of fused-ring (bicyclic) bond motifs is 1. The molecule has 1 aromatic carbocycles. The lowest BCUT2D eigenvalue weighted by Gasteiger charge is -2.18. The molecular weight excluding hydrogens is 356 g/mol. The second kappa shape index (κ2) is 7.29. The van der Waals surface area contributed by atoms with E-state index in [1.54, 1.807) is 0 Å². The topological polar surface area (TPSA) is 120 Å². The molecule has 1 aliphatic heterocycles. The first-order valence-corrected chi connectivity index (χ1v) is 9.20. The van der Waals surface area contributed by atoms with Crippen LogP contribution in [0.1, 0.15) is 30.4 Å². The summed E-state index contributed by atoms with van der Waals surface area (Å²) in [7, 11) is 0. The highest BCUT2D eigenvalue weighted by molar-refractivity contribution is 5.88. The number of hydrogen-bond acceptors (Lipinski definition) is 6. The number of aromatic nitrogens is 2. The highest BCUT2D eigenvalue weighted by Gasteiger charge is 2.24. The molecular formula is C20H20N6O2. The Morgan fingerprint density at radius 1 is 1.43 bits per heavy atom. The van der Waals surface area contributed by atoms with E-state index in [0.29, 0.717) is 17.5 Å². The minimum absolute atomic E-state index is 0.119. The predicted octanol–water partition coefficient (Wildman–Crippen LogP) is 3.80. The summed E-state index contributed by atoms with van der Waals surface area (Å²) in [4.78, 5) is 18.2. The maximum atomic E-state index is 11.3. The van der Waals surface area contributed by atoms with Gasteiger partial charge in [-0.3, -0.25) is 10.1 Å². The Bertz CT molecular complexity index is 1080. The zero-order valence-corrected chi connectivity index (χ0v) is 15.4. The van der Waals surface area contributed by atoms with Crippen LogP contribution in [0.2, 0.25) is 0 Å². The van der Waals surface area contributed by atoms with Gasteiger partial charge in [0.25, 0.3) is 0 Å². The van der Waals surface area contributed by atoms with Gasteiger partial charge in [0, 0.05) is 35.1 Å². The van der Waals surface area contributed by atoms with Crippen molar-refractivity contribution in [3.05, 3.63) is 57.9 Å². The molecule has 142 valence electrons. The van der Waals surface area contributed by atoms with E-state index >= 15 is 0 Å². The van der Waals surface area contributed by atoms with Gasteiger partial charge in [0.1, 0.15) is 6.07 Å². The lowest BCUT2D eigenvalue weighted by atomic mass is 9.87. The lowest BCUT2D eigenvalue weighted by molar-refractivity contribution is -0.384. The van der Waals surface area contributed by atoms with Crippen molar-refractivity contribution in [1.82, 2.24) is 15.3 Å². The number of aromatic amines is 1. The molecule has 8 nitrogen and oxygen atoms in total. The standard InChI is InChI=1S/C20H20N6O2/c1-12(14-4-5-22-10-14)17-11-23-18-3-2-15(7-16(17)18)25-20-19(26(27)28)6-13(8-21)9-24-20/h2-3,6-7,9,11-12,14,22-23H,4-5,10H2,1H3,(H,24,25). The maximum Gasteiger partial charge on any atom is 0.313 e. The molecule has 0 spiro atoms. The number of benzene rings is 1. The molecule has 1 aliphatic rings. The summed E-state index contributed by atoms with van der Waals surface area (Å²) in [5.74, 6) is 1.12. The first-order chi connectivity index (χ1) is 13.6. The summed E-state index contributed by atoms with van der Waals surface area (Å²) >= 11 is 0. The highest BCUT2D eigenvalue weighted by atomic mass is 16.6. The molecule has 0 aliphatic carbocycles. The highest BCUT2D eigenvalue weighted by Crippen LogP contribution is 2.35. The van der Waals surface area contributed by atoms with Crippen LogP contribution in [0.4, 0.5) is 17.2 Å². The molecule has 2 aromatic heterocycles. The Morgan fingerprint density at radius 3 is 3.00 bits per heavy atom. The third kappa shape index (κ3) is 3.28. The van der Waals surface area contributed by atoms with Crippen molar-refractivity contribution in [2.75, 3.05) is 18.4 Å². The fourth-order valence-corrected chi connectivity index (χ4v) is 3.84. The molecule has 2 atom stereocenters. The molecule has 3 heterocycles. The smallest absolute Gasteiger partial charge is 0.313 e. The van der Waals surface area contributed by atoms with Crippen LogP contribution in [0.15, 0.2) is 36.7 Å². The molecule has 1 saturated heterocycles. The fourth-order valence-electron chi connectivity index (χ4n) is 3.84. The quantitative estimate of drug-likeness (QED) is 0.460. The number of nitro groups is 1. The molecule has 3 aromatic rings. The SMILES string of the molecule is CC(c1c[nH]c2ccc(Nc3ncc(C#N)cc3[N+](=O)[O-])cc12)C1CCNC1. The van der Waals surface area contributed by atoms with Gasteiger partial charge in [-0.1, -0.05) is 6.92 Å². The molecule has 1 fully saturated rings. The van der Waals surface area contributed by atoms with Crippen molar-refractivity contribution < 1.29 is 4.92 Å². The summed E-state index contributed by atoms with van der Waals surface area (Å²) < 4.78 is 0. The molecule has 28 heavy (non-hydrogen) atoms. The summed E-state index contributed by atoms with van der Waals surface area (Å²) in [6, 6.07) is 8.90. The first-order valence-electron chi connectivity index (χ1n) is 9.20. The largest absolute Gasteiger partial charge is 0.361 e. The van der Waals surface area contributed by atoms with E-state index in [4.69, 9.17) is 5.26 Å². The van der Waals surface area contributed by atoms with Crippen molar-refractivity contribution >= 4 is 28.1 Å². The van der Waals surface area contributed by atoms with Gasteiger partial charge in [-0.25, -0.2) is 4.98 Å². The summed E-state index contributed by atoms with van der Waals surface area (Å²) in [5, 5.41) is 27.8. The van der Waals surface area contributed by atoms with Gasteiger partial charge in [0.2, 0.25) is 5.82 Å². The average molecular weight is 376 g/mol. The van der Waals surface area contributed by atoms with Crippen LogP contribution in [0.25, 0.3) is 10.9 Å². The monoisotopic (exact) mass is 376 g/mol. The molecule has 8 heteroatoms. The number of rotatable bonds is 5. The zero-order valence-electron chi connectivity index (χ0n) is 15.4. The molecule has 0 saturated carbocycles. The van der Waals surface area contributed by atoms with Gasteiger partial charge in [0.15, 0.2) is 0 Å². The van der Waals surface area contributed by atoms with Crippen LogP contribution < -0.4 is 10.6 Å². The van der Waals surface area contributed by atoms with Crippen molar-refractivity contribution in [1.29, 1.82) is 5.26 Å². The van der Waals surface area contributed by atoms with E-state index in [9.17, 15) is 10.1 Å². The minimum Gasteiger partial charge on any atom is -0.361 e. The van der Waals surface area contributed by atoms with Crippen LogP contribution >= 0.6 is 0 Å². The predicted molar refractivity (Wildman–Crippen MR) is 107 cm³/mol. The minimum atomic E-state index is -0.536. The van der Waals surface area contributed by atoms with Crippen molar-refractivity contribution in [3.63, 3.8) is 0 Å². The Morgan fingerprint density at radius 2 is 2.29 bits per heavy atom. The second-order valence-corrected chi connectivity index (χ2v) is 7.13. The van der Waals surface area contributed by atoms with Gasteiger partial charge < -0.3 is 15.6 Å². The van der Waals surface area contributed by atoms with E-state index in [2.05, 4.69) is 33.7 Å². The van der Waals surface area contributed by atoms with Crippen molar-refractivity contribution in [2.45, 2.75) is 19.3 Å². The van der Waals surface area contributed by atoms with E-state index in [1.807, 2.05) is 24.3 Å². The summed E-state index contributed by atoms with van der Waals surface area (Å²) in [5.41, 5.74) is 2.92. The van der Waals surface area contributed by atoms with Gasteiger partial charge in [0.05, 0.1) is 10.5 Å². The number of H-pyrrole nitrogens is 1. The van der Waals surface area contributed by atoms with Crippen LogP contribution in [0, 0.1) is 27.4 Å². The first kappa shape index (κ1) is 17.9.